The lowest BCUT2D eigenvalue weighted by Crippen LogP contribution is -2.38. The summed E-state index contributed by atoms with van der Waals surface area (Å²) in [5.74, 6) is 0.956. The minimum absolute atomic E-state index is 0.0705. The fraction of sp³-hybridized carbons (Fsp3) is 0.600. The zero-order chi connectivity index (χ0) is 13.7. The molecule has 0 amide bonds. The molecule has 4 heteroatoms. The van der Waals surface area contributed by atoms with E-state index >= 15 is 0 Å². The average molecular weight is 264 g/mol. The van der Waals surface area contributed by atoms with Gasteiger partial charge in [0.25, 0.3) is 0 Å². The van der Waals surface area contributed by atoms with Gasteiger partial charge in [-0.3, -0.25) is 4.90 Å². The summed E-state index contributed by atoms with van der Waals surface area (Å²) in [7, 11) is 0. The van der Waals surface area contributed by atoms with Crippen molar-refractivity contribution in [1.29, 1.82) is 0 Å². The number of nitrogens with two attached hydrogens (primary N) is 1. The Morgan fingerprint density at radius 3 is 2.74 bits per heavy atom. The summed E-state index contributed by atoms with van der Waals surface area (Å²) in [4.78, 5) is 2.37. The first-order valence-electron chi connectivity index (χ1n) is 6.96. The van der Waals surface area contributed by atoms with Crippen LogP contribution in [0.15, 0.2) is 18.2 Å². The van der Waals surface area contributed by atoms with Gasteiger partial charge < -0.3 is 15.2 Å². The molecule has 0 aromatic heterocycles. The van der Waals surface area contributed by atoms with E-state index in [2.05, 4.69) is 17.9 Å². The van der Waals surface area contributed by atoms with Crippen LogP contribution in [0.3, 0.4) is 0 Å². The van der Waals surface area contributed by atoms with Gasteiger partial charge >= 0.3 is 0 Å². The first kappa shape index (κ1) is 14.3. The van der Waals surface area contributed by atoms with Crippen LogP contribution in [0.1, 0.15) is 24.1 Å². The van der Waals surface area contributed by atoms with Crippen LogP contribution in [-0.2, 0) is 4.74 Å². The standard InChI is InChI=1S/C15H24N2O2/c1-12-11-14(13(2)16)3-4-15(12)19-10-7-17-5-8-18-9-6-17/h3-4,11,13H,5-10,16H2,1-2H3/t13-/m0/s1. The lowest BCUT2D eigenvalue weighted by atomic mass is 10.1. The first-order chi connectivity index (χ1) is 9.16. The van der Waals surface area contributed by atoms with Crippen LogP contribution < -0.4 is 10.5 Å². The van der Waals surface area contributed by atoms with Gasteiger partial charge in [0.1, 0.15) is 12.4 Å². The third-order valence-corrected chi connectivity index (χ3v) is 3.49. The molecule has 1 aromatic carbocycles. The highest BCUT2D eigenvalue weighted by Gasteiger charge is 2.10. The van der Waals surface area contributed by atoms with Gasteiger partial charge in [-0.15, -0.1) is 0 Å². The van der Waals surface area contributed by atoms with Crippen molar-refractivity contribution in [3.8, 4) is 5.75 Å². The molecule has 19 heavy (non-hydrogen) atoms. The third-order valence-electron chi connectivity index (χ3n) is 3.49. The number of rotatable bonds is 5. The van der Waals surface area contributed by atoms with Gasteiger partial charge in [0.05, 0.1) is 13.2 Å². The van der Waals surface area contributed by atoms with E-state index in [0.717, 1.165) is 56.3 Å². The molecule has 1 heterocycles. The Kier molecular flexibility index (Phi) is 5.19. The number of aryl methyl sites for hydroxylation is 1. The summed E-state index contributed by atoms with van der Waals surface area (Å²) >= 11 is 0. The van der Waals surface area contributed by atoms with Crippen molar-refractivity contribution in [2.45, 2.75) is 19.9 Å². The molecule has 0 aliphatic carbocycles. The summed E-state index contributed by atoms with van der Waals surface area (Å²) in [5, 5.41) is 0. The van der Waals surface area contributed by atoms with E-state index in [1.807, 2.05) is 19.1 Å². The van der Waals surface area contributed by atoms with E-state index in [9.17, 15) is 0 Å². The second kappa shape index (κ2) is 6.89. The third kappa shape index (κ3) is 4.20. The molecule has 4 nitrogen and oxygen atoms in total. The first-order valence-corrected chi connectivity index (χ1v) is 6.96. The Morgan fingerprint density at radius 1 is 1.37 bits per heavy atom. The number of ether oxygens (including phenoxy) is 2. The molecule has 1 saturated heterocycles. The zero-order valence-corrected chi connectivity index (χ0v) is 11.9. The number of hydrogen-bond donors (Lipinski definition) is 1. The van der Waals surface area contributed by atoms with Crippen molar-refractivity contribution >= 4 is 0 Å². The lowest BCUT2D eigenvalue weighted by molar-refractivity contribution is 0.0322. The van der Waals surface area contributed by atoms with Crippen LogP contribution in [0.25, 0.3) is 0 Å². The molecule has 1 fully saturated rings. The van der Waals surface area contributed by atoms with Crippen LogP contribution in [0.4, 0.5) is 0 Å². The molecular formula is C15H24N2O2. The molecule has 1 atom stereocenters. The molecule has 1 aromatic rings. The predicted octanol–water partition coefficient (Wildman–Crippen LogP) is 1.73. The monoisotopic (exact) mass is 264 g/mol. The van der Waals surface area contributed by atoms with Crippen molar-refractivity contribution in [2.75, 3.05) is 39.5 Å². The SMILES string of the molecule is Cc1cc([C@H](C)N)ccc1OCCN1CCOCC1. The Bertz CT molecular complexity index is 401. The van der Waals surface area contributed by atoms with Crippen LogP contribution in [-0.4, -0.2) is 44.4 Å². The quantitative estimate of drug-likeness (QED) is 0.880. The Labute approximate surface area is 115 Å². The molecule has 0 spiro atoms. The Morgan fingerprint density at radius 2 is 2.11 bits per heavy atom. The van der Waals surface area contributed by atoms with E-state index in [0.29, 0.717) is 0 Å². The molecule has 2 rings (SSSR count). The minimum atomic E-state index is 0.0705. The second-order valence-corrected chi connectivity index (χ2v) is 5.12. The fourth-order valence-electron chi connectivity index (χ4n) is 2.23. The molecule has 0 radical (unpaired) electrons. The van der Waals surface area contributed by atoms with Gasteiger partial charge in [-0.2, -0.15) is 0 Å². The molecule has 1 aliphatic heterocycles. The number of benzene rings is 1. The van der Waals surface area contributed by atoms with Gasteiger partial charge in [0.15, 0.2) is 0 Å². The van der Waals surface area contributed by atoms with Gasteiger partial charge in [0.2, 0.25) is 0 Å². The number of morpholine rings is 1. The van der Waals surface area contributed by atoms with Crippen molar-refractivity contribution in [1.82, 2.24) is 4.90 Å². The molecule has 0 bridgehead atoms. The average Bonchev–Trinajstić information content (AvgIpc) is 2.41. The van der Waals surface area contributed by atoms with Crippen LogP contribution in [0, 0.1) is 6.92 Å². The van der Waals surface area contributed by atoms with Gasteiger partial charge in [-0.1, -0.05) is 12.1 Å². The van der Waals surface area contributed by atoms with Crippen molar-refractivity contribution in [2.24, 2.45) is 5.73 Å². The van der Waals surface area contributed by atoms with Crippen molar-refractivity contribution in [3.05, 3.63) is 29.3 Å². The van der Waals surface area contributed by atoms with E-state index in [1.54, 1.807) is 0 Å². The summed E-state index contributed by atoms with van der Waals surface area (Å²) in [6.07, 6.45) is 0. The van der Waals surface area contributed by atoms with Crippen molar-refractivity contribution in [3.63, 3.8) is 0 Å². The van der Waals surface area contributed by atoms with E-state index in [-0.39, 0.29) is 6.04 Å². The second-order valence-electron chi connectivity index (χ2n) is 5.12. The number of nitrogens with zero attached hydrogens (tertiary/aromatic N) is 1. The highest BCUT2D eigenvalue weighted by Crippen LogP contribution is 2.21. The maximum absolute atomic E-state index is 5.87. The molecule has 0 saturated carbocycles. The molecule has 106 valence electrons. The predicted molar refractivity (Wildman–Crippen MR) is 76.5 cm³/mol. The van der Waals surface area contributed by atoms with E-state index in [1.165, 1.54) is 0 Å². The van der Waals surface area contributed by atoms with Gasteiger partial charge in [0, 0.05) is 25.7 Å². The number of hydrogen-bond acceptors (Lipinski definition) is 4. The topological polar surface area (TPSA) is 47.7 Å². The highest BCUT2D eigenvalue weighted by molar-refractivity contribution is 5.37. The summed E-state index contributed by atoms with van der Waals surface area (Å²) < 4.78 is 11.2. The minimum Gasteiger partial charge on any atom is -0.492 e. The Balaban J connectivity index is 1.82. The molecule has 0 unspecified atom stereocenters. The molecule has 1 aliphatic rings. The highest BCUT2D eigenvalue weighted by atomic mass is 16.5. The zero-order valence-electron chi connectivity index (χ0n) is 11.9. The van der Waals surface area contributed by atoms with Crippen molar-refractivity contribution < 1.29 is 9.47 Å². The van der Waals surface area contributed by atoms with Crippen LogP contribution in [0.2, 0.25) is 0 Å². The molecule has 2 N–H and O–H groups in total. The lowest BCUT2D eigenvalue weighted by Gasteiger charge is -2.26. The fourth-order valence-corrected chi connectivity index (χ4v) is 2.23. The molecular weight excluding hydrogens is 240 g/mol. The largest absolute Gasteiger partial charge is 0.492 e. The van der Waals surface area contributed by atoms with Gasteiger partial charge in [-0.25, -0.2) is 0 Å². The van der Waals surface area contributed by atoms with Crippen LogP contribution >= 0.6 is 0 Å². The van der Waals surface area contributed by atoms with E-state index in [4.69, 9.17) is 15.2 Å². The maximum Gasteiger partial charge on any atom is 0.122 e. The van der Waals surface area contributed by atoms with Crippen LogP contribution in [0.5, 0.6) is 5.75 Å². The van der Waals surface area contributed by atoms with E-state index < -0.39 is 0 Å². The Hall–Kier alpha value is -1.10. The van der Waals surface area contributed by atoms with Gasteiger partial charge in [-0.05, 0) is 31.0 Å². The summed E-state index contributed by atoms with van der Waals surface area (Å²) in [6.45, 7) is 9.42. The summed E-state index contributed by atoms with van der Waals surface area (Å²) in [6, 6.07) is 6.24. The summed E-state index contributed by atoms with van der Waals surface area (Å²) in [5.41, 5.74) is 8.17. The smallest absolute Gasteiger partial charge is 0.122 e. The normalized spacial score (nSPS) is 18.3. The maximum atomic E-state index is 5.87.